The summed E-state index contributed by atoms with van der Waals surface area (Å²) in [5.41, 5.74) is 6.96. The third-order valence-electron chi connectivity index (χ3n) is 6.55. The summed E-state index contributed by atoms with van der Waals surface area (Å²) >= 11 is 0. The summed E-state index contributed by atoms with van der Waals surface area (Å²) in [6.45, 7) is 6.67. The first-order valence-electron chi connectivity index (χ1n) is 9.26. The lowest BCUT2D eigenvalue weighted by Crippen LogP contribution is -2.69. The van der Waals surface area contributed by atoms with Gasteiger partial charge in [-0.3, -0.25) is 20.1 Å². The Morgan fingerprint density at radius 3 is 2.77 bits per heavy atom. The molecule has 5 heteroatoms. The Balaban J connectivity index is 1.51. The molecule has 3 unspecified atom stereocenters. The van der Waals surface area contributed by atoms with Crippen molar-refractivity contribution in [3.63, 3.8) is 0 Å². The van der Waals surface area contributed by atoms with Crippen LogP contribution in [0.25, 0.3) is 0 Å². The maximum Gasteiger partial charge on any atom is 0.0729 e. The largest absolute Gasteiger partial charge is 0.322 e. The van der Waals surface area contributed by atoms with Gasteiger partial charge in [-0.2, -0.15) is 0 Å². The zero-order valence-corrected chi connectivity index (χ0v) is 13.7. The normalized spacial score (nSPS) is 41.7. The van der Waals surface area contributed by atoms with Crippen LogP contribution in [0, 0.1) is 5.92 Å². The number of aliphatic imine (C=N–C) groups is 1. The fourth-order valence-corrected chi connectivity index (χ4v) is 5.21. The molecule has 1 saturated carbocycles. The van der Waals surface area contributed by atoms with E-state index in [4.69, 9.17) is 5.73 Å². The summed E-state index contributed by atoms with van der Waals surface area (Å²) in [6, 6.07) is 0.484. The number of fused-ring (bicyclic) bond motifs is 1. The molecule has 0 aromatic rings. The van der Waals surface area contributed by atoms with Gasteiger partial charge in [0.2, 0.25) is 0 Å². The van der Waals surface area contributed by atoms with E-state index in [0.29, 0.717) is 18.1 Å². The van der Waals surface area contributed by atoms with Crippen molar-refractivity contribution in [3.8, 4) is 0 Å². The summed E-state index contributed by atoms with van der Waals surface area (Å²) < 4.78 is 0. The highest BCUT2D eigenvalue weighted by molar-refractivity contribution is 5.60. The van der Waals surface area contributed by atoms with Crippen molar-refractivity contribution >= 4 is 6.21 Å². The van der Waals surface area contributed by atoms with Gasteiger partial charge in [0.15, 0.2) is 0 Å². The number of nitrogens with two attached hydrogens (primary N) is 1. The van der Waals surface area contributed by atoms with Crippen LogP contribution in [-0.4, -0.2) is 73.0 Å². The van der Waals surface area contributed by atoms with Crippen LogP contribution >= 0.6 is 0 Å². The minimum absolute atomic E-state index is 0.101. The van der Waals surface area contributed by atoms with Crippen LogP contribution in [0.3, 0.4) is 0 Å². The lowest BCUT2D eigenvalue weighted by Gasteiger charge is -2.52. The van der Waals surface area contributed by atoms with Gasteiger partial charge in [-0.1, -0.05) is 19.3 Å². The van der Waals surface area contributed by atoms with E-state index < -0.39 is 0 Å². The number of hydrogen-bond acceptors (Lipinski definition) is 5. The van der Waals surface area contributed by atoms with Crippen LogP contribution in [-0.2, 0) is 0 Å². The second-order valence-electron chi connectivity index (χ2n) is 7.72. The zero-order chi connectivity index (χ0) is 15.0. The van der Waals surface area contributed by atoms with Crippen molar-refractivity contribution < 1.29 is 0 Å². The van der Waals surface area contributed by atoms with Crippen LogP contribution in [0.4, 0.5) is 0 Å². The van der Waals surface area contributed by atoms with Crippen molar-refractivity contribution in [2.75, 3.05) is 39.3 Å². The first-order chi connectivity index (χ1) is 10.8. The average molecular weight is 305 g/mol. The van der Waals surface area contributed by atoms with Crippen LogP contribution in [0.15, 0.2) is 4.99 Å². The van der Waals surface area contributed by atoms with E-state index >= 15 is 0 Å². The minimum Gasteiger partial charge on any atom is -0.322 e. The van der Waals surface area contributed by atoms with Gasteiger partial charge in [-0.25, -0.2) is 0 Å². The third-order valence-corrected chi connectivity index (χ3v) is 6.55. The molecule has 2 saturated heterocycles. The zero-order valence-electron chi connectivity index (χ0n) is 13.7. The molecule has 22 heavy (non-hydrogen) atoms. The molecule has 0 aromatic heterocycles. The van der Waals surface area contributed by atoms with Crippen molar-refractivity contribution in [2.45, 2.75) is 56.3 Å². The molecule has 0 bridgehead atoms. The second-order valence-corrected chi connectivity index (χ2v) is 7.72. The molecule has 0 spiro atoms. The second kappa shape index (κ2) is 6.19. The minimum atomic E-state index is -0.101. The molecule has 0 amide bonds. The van der Waals surface area contributed by atoms with Gasteiger partial charge in [0.1, 0.15) is 0 Å². The fourth-order valence-electron chi connectivity index (χ4n) is 5.21. The SMILES string of the molecule is NC1(C2CCCCC2)CN=CCC1N1CCN2CCNC2C1. The predicted molar refractivity (Wildman–Crippen MR) is 90.2 cm³/mol. The van der Waals surface area contributed by atoms with E-state index in [2.05, 4.69) is 26.3 Å². The van der Waals surface area contributed by atoms with Crippen LogP contribution in [0.2, 0.25) is 0 Å². The van der Waals surface area contributed by atoms with E-state index in [0.717, 1.165) is 26.1 Å². The molecule has 3 atom stereocenters. The van der Waals surface area contributed by atoms with Gasteiger partial charge >= 0.3 is 0 Å². The lowest BCUT2D eigenvalue weighted by molar-refractivity contribution is 0.0136. The van der Waals surface area contributed by atoms with Crippen LogP contribution < -0.4 is 11.1 Å². The first kappa shape index (κ1) is 15.1. The van der Waals surface area contributed by atoms with Crippen molar-refractivity contribution in [3.05, 3.63) is 0 Å². The molecule has 3 aliphatic heterocycles. The molecule has 0 aromatic carbocycles. The van der Waals surface area contributed by atoms with E-state index in [1.165, 1.54) is 51.7 Å². The summed E-state index contributed by atoms with van der Waals surface area (Å²) in [5, 5.41) is 3.64. The molecule has 0 radical (unpaired) electrons. The number of nitrogens with one attached hydrogen (secondary N) is 1. The first-order valence-corrected chi connectivity index (χ1v) is 9.26. The number of piperazine rings is 1. The summed E-state index contributed by atoms with van der Waals surface area (Å²) in [4.78, 5) is 9.88. The molecule has 3 heterocycles. The Kier molecular flexibility index (Phi) is 4.24. The smallest absolute Gasteiger partial charge is 0.0729 e. The maximum absolute atomic E-state index is 7.06. The van der Waals surface area contributed by atoms with E-state index in [9.17, 15) is 0 Å². The van der Waals surface area contributed by atoms with Gasteiger partial charge in [0, 0.05) is 45.0 Å². The van der Waals surface area contributed by atoms with Gasteiger partial charge in [-0.15, -0.1) is 0 Å². The number of rotatable bonds is 2. The van der Waals surface area contributed by atoms with Crippen LogP contribution in [0.1, 0.15) is 38.5 Å². The molecule has 3 N–H and O–H groups in total. The highest BCUT2D eigenvalue weighted by Gasteiger charge is 2.47. The topological polar surface area (TPSA) is 56.9 Å². The molecule has 4 aliphatic rings. The van der Waals surface area contributed by atoms with E-state index in [-0.39, 0.29) is 5.54 Å². The van der Waals surface area contributed by atoms with Crippen molar-refractivity contribution in [1.29, 1.82) is 0 Å². The Bertz CT molecular complexity index is 419. The van der Waals surface area contributed by atoms with Gasteiger partial charge < -0.3 is 5.73 Å². The van der Waals surface area contributed by atoms with Gasteiger partial charge in [0.25, 0.3) is 0 Å². The van der Waals surface area contributed by atoms with Crippen LogP contribution in [0.5, 0.6) is 0 Å². The van der Waals surface area contributed by atoms with Gasteiger partial charge in [-0.05, 0) is 25.2 Å². The molecule has 4 rings (SSSR count). The Morgan fingerprint density at radius 2 is 1.91 bits per heavy atom. The predicted octanol–water partition coefficient (Wildman–Crippen LogP) is 0.654. The highest BCUT2D eigenvalue weighted by atomic mass is 15.4. The molecule has 5 nitrogen and oxygen atoms in total. The van der Waals surface area contributed by atoms with Gasteiger partial charge in [0.05, 0.1) is 18.2 Å². The van der Waals surface area contributed by atoms with Crippen molar-refractivity contribution in [1.82, 2.24) is 15.1 Å². The summed E-state index contributed by atoms with van der Waals surface area (Å²) in [7, 11) is 0. The monoisotopic (exact) mass is 305 g/mol. The molecular formula is C17H31N5. The Morgan fingerprint density at radius 1 is 1.09 bits per heavy atom. The van der Waals surface area contributed by atoms with E-state index in [1.54, 1.807) is 0 Å². The quantitative estimate of drug-likeness (QED) is 0.787. The lowest BCUT2D eigenvalue weighted by atomic mass is 9.69. The third kappa shape index (κ3) is 2.62. The summed E-state index contributed by atoms with van der Waals surface area (Å²) in [6.07, 6.45) is 10.4. The number of nitrogens with zero attached hydrogens (tertiary/aromatic N) is 3. The molecule has 1 aliphatic carbocycles. The molecule has 124 valence electrons. The maximum atomic E-state index is 7.06. The fraction of sp³-hybridized carbons (Fsp3) is 0.941. The molecular weight excluding hydrogens is 274 g/mol. The summed E-state index contributed by atoms with van der Waals surface area (Å²) in [5.74, 6) is 0.665. The Labute approximate surface area is 134 Å². The van der Waals surface area contributed by atoms with Crippen molar-refractivity contribution in [2.24, 2.45) is 16.6 Å². The van der Waals surface area contributed by atoms with E-state index in [1.807, 2.05) is 0 Å². The number of hydrogen-bond donors (Lipinski definition) is 2. The highest BCUT2D eigenvalue weighted by Crippen LogP contribution is 2.37. The Hall–Kier alpha value is -0.490. The molecule has 3 fully saturated rings. The standard InChI is InChI=1S/C17H31N5/c18-17(14-4-2-1-3-5-14)13-19-7-6-15(17)22-11-10-21-9-8-20-16(21)12-22/h7,14-16,20H,1-6,8-13,18H2. The average Bonchev–Trinajstić information content (AvgIpc) is 3.04.